The van der Waals surface area contributed by atoms with Gasteiger partial charge >= 0.3 is 5.97 Å². The molecular weight excluding hydrogens is 346 g/mol. The first-order valence-electron chi connectivity index (χ1n) is 9.25. The third kappa shape index (κ3) is 5.79. The van der Waals surface area contributed by atoms with Crippen LogP contribution in [0.1, 0.15) is 33.1 Å². The monoisotopic (exact) mass is 375 g/mol. The normalized spacial score (nSPS) is 24.6. The van der Waals surface area contributed by atoms with E-state index < -0.39 is 5.97 Å². The first-order chi connectivity index (χ1) is 13.0. The van der Waals surface area contributed by atoms with Gasteiger partial charge in [-0.05, 0) is 13.3 Å². The summed E-state index contributed by atoms with van der Waals surface area (Å²) < 4.78 is 10.2. The minimum absolute atomic E-state index is 0.0169. The molecule has 0 saturated carbocycles. The van der Waals surface area contributed by atoms with Gasteiger partial charge in [0.2, 0.25) is 5.91 Å². The molecule has 1 atom stereocenters. The number of piperidine rings is 1. The second-order valence-electron chi connectivity index (χ2n) is 6.64. The summed E-state index contributed by atoms with van der Waals surface area (Å²) in [6, 6.07) is 0.149. The van der Waals surface area contributed by atoms with Crippen molar-refractivity contribution < 1.29 is 19.1 Å². The van der Waals surface area contributed by atoms with Gasteiger partial charge in [0.1, 0.15) is 0 Å². The third-order valence-electron chi connectivity index (χ3n) is 4.70. The van der Waals surface area contributed by atoms with E-state index in [1.807, 2.05) is 6.92 Å². The molecule has 2 fully saturated rings. The van der Waals surface area contributed by atoms with Crippen LogP contribution in [0.25, 0.3) is 0 Å². The fourth-order valence-electron chi connectivity index (χ4n) is 3.16. The topological polar surface area (TPSA) is 94.2 Å². The van der Waals surface area contributed by atoms with Gasteiger partial charge in [0, 0.05) is 56.4 Å². The highest BCUT2D eigenvalue weighted by molar-refractivity contribution is 6.03. The Morgan fingerprint density at radius 3 is 2.81 bits per heavy atom. The second-order valence-corrected chi connectivity index (χ2v) is 6.64. The van der Waals surface area contributed by atoms with Crippen molar-refractivity contribution in [3.8, 4) is 0 Å². The first-order valence-corrected chi connectivity index (χ1v) is 9.25. The lowest BCUT2D eigenvalue weighted by molar-refractivity contribution is -0.135. The first kappa shape index (κ1) is 20.9. The molecule has 2 rings (SSSR count). The molecule has 1 unspecified atom stereocenters. The summed E-state index contributed by atoms with van der Waals surface area (Å²) in [5.41, 5.74) is 9.26. The molecule has 0 aromatic carbocycles. The summed E-state index contributed by atoms with van der Waals surface area (Å²) >= 11 is 0. The molecule has 2 aliphatic heterocycles. The molecule has 0 bridgehead atoms. The van der Waals surface area contributed by atoms with Crippen LogP contribution in [0.4, 0.5) is 0 Å². The number of ether oxygens (including phenoxy) is 2. The van der Waals surface area contributed by atoms with Crippen LogP contribution in [0.5, 0.6) is 0 Å². The number of amides is 1. The molecule has 2 heterocycles. The van der Waals surface area contributed by atoms with E-state index in [9.17, 15) is 9.59 Å². The molecule has 0 aromatic heterocycles. The van der Waals surface area contributed by atoms with E-state index in [4.69, 9.17) is 20.2 Å². The van der Waals surface area contributed by atoms with Gasteiger partial charge in [-0.2, -0.15) is 0 Å². The molecule has 1 amide bonds. The number of nitrogens with zero attached hydrogens (tertiary/aromatic N) is 2. The van der Waals surface area contributed by atoms with Crippen LogP contribution in [-0.4, -0.2) is 61.9 Å². The molecule has 7 heteroatoms. The number of carbonyl (C=O) groups is 2. The highest BCUT2D eigenvalue weighted by atomic mass is 16.5. The Morgan fingerprint density at radius 1 is 1.44 bits per heavy atom. The fraction of sp³-hybridized carbons (Fsp3) is 0.550. The number of likely N-dealkylation sites (tertiary alicyclic amines) is 1. The fourth-order valence-corrected chi connectivity index (χ4v) is 3.16. The summed E-state index contributed by atoms with van der Waals surface area (Å²) in [5.74, 6) is -0.389. The lowest BCUT2D eigenvalue weighted by Crippen LogP contribution is -2.40. The predicted molar refractivity (Wildman–Crippen MR) is 104 cm³/mol. The van der Waals surface area contributed by atoms with Gasteiger partial charge in [-0.15, -0.1) is 0 Å². The SMILES string of the molecule is C/C=C\C(=C/CC(N)=C1CN(C(C)=O)CCC1=NC1CCOC1)C(=O)OC. The molecule has 0 aliphatic carbocycles. The standard InChI is InChI=1S/C20H29N3O4/c1-4-5-15(20(25)26-3)6-7-18(21)17-12-23(14(2)24)10-8-19(17)22-16-9-11-27-13-16/h4-6,16H,7-13,21H2,1-3H3/b5-4-,15-6+,18-17?,22-19?. The number of aliphatic imine (C=N–C) groups is 1. The van der Waals surface area contributed by atoms with Crippen molar-refractivity contribution >= 4 is 17.6 Å². The van der Waals surface area contributed by atoms with Crippen LogP contribution in [-0.2, 0) is 19.1 Å². The number of esters is 1. The summed E-state index contributed by atoms with van der Waals surface area (Å²) in [6.45, 7) is 5.82. The molecule has 27 heavy (non-hydrogen) atoms. The number of allylic oxidation sites excluding steroid dienone is 2. The summed E-state index contributed by atoms with van der Waals surface area (Å²) in [6.07, 6.45) is 7.18. The number of rotatable bonds is 5. The van der Waals surface area contributed by atoms with E-state index in [-0.39, 0.29) is 11.9 Å². The average molecular weight is 375 g/mol. The zero-order chi connectivity index (χ0) is 19.8. The van der Waals surface area contributed by atoms with Gasteiger partial charge in [-0.3, -0.25) is 9.79 Å². The van der Waals surface area contributed by atoms with Gasteiger partial charge in [0.25, 0.3) is 0 Å². The Bertz CT molecular complexity index is 685. The number of carbonyl (C=O) groups excluding carboxylic acids is 2. The van der Waals surface area contributed by atoms with Crippen molar-refractivity contribution in [1.29, 1.82) is 0 Å². The smallest absolute Gasteiger partial charge is 0.337 e. The van der Waals surface area contributed by atoms with Crippen molar-refractivity contribution in [1.82, 2.24) is 4.90 Å². The molecule has 2 saturated heterocycles. The van der Waals surface area contributed by atoms with E-state index in [2.05, 4.69) is 0 Å². The second kappa shape index (κ2) is 10.1. The maximum Gasteiger partial charge on any atom is 0.337 e. The molecule has 2 aliphatic rings. The Hall–Kier alpha value is -2.41. The van der Waals surface area contributed by atoms with Crippen molar-refractivity contribution in [3.63, 3.8) is 0 Å². The van der Waals surface area contributed by atoms with Crippen LogP contribution in [0.15, 0.2) is 40.1 Å². The van der Waals surface area contributed by atoms with Crippen LogP contribution in [0.3, 0.4) is 0 Å². The Balaban J connectivity index is 2.29. The lowest BCUT2D eigenvalue weighted by Gasteiger charge is -2.30. The van der Waals surface area contributed by atoms with Crippen molar-refractivity contribution in [3.05, 3.63) is 35.1 Å². The van der Waals surface area contributed by atoms with Gasteiger partial charge in [-0.1, -0.05) is 18.2 Å². The molecule has 148 valence electrons. The van der Waals surface area contributed by atoms with E-state index in [0.717, 1.165) is 24.3 Å². The maximum absolute atomic E-state index is 11.8. The van der Waals surface area contributed by atoms with Crippen LogP contribution in [0.2, 0.25) is 0 Å². The zero-order valence-electron chi connectivity index (χ0n) is 16.4. The molecular formula is C20H29N3O4. The van der Waals surface area contributed by atoms with E-state index in [1.165, 1.54) is 7.11 Å². The van der Waals surface area contributed by atoms with Crippen molar-refractivity contribution in [2.75, 3.05) is 33.4 Å². The Kier molecular flexibility index (Phi) is 7.79. The van der Waals surface area contributed by atoms with Gasteiger partial charge < -0.3 is 20.1 Å². The minimum Gasteiger partial charge on any atom is -0.465 e. The van der Waals surface area contributed by atoms with Crippen LogP contribution in [0, 0.1) is 0 Å². The highest BCUT2D eigenvalue weighted by Gasteiger charge is 2.25. The number of hydrogen-bond acceptors (Lipinski definition) is 6. The summed E-state index contributed by atoms with van der Waals surface area (Å²) in [5, 5.41) is 0. The number of nitrogens with two attached hydrogens (primary N) is 1. The quantitative estimate of drug-likeness (QED) is 0.449. The predicted octanol–water partition coefficient (Wildman–Crippen LogP) is 1.75. The molecule has 2 N–H and O–H groups in total. The maximum atomic E-state index is 11.8. The summed E-state index contributed by atoms with van der Waals surface area (Å²) in [7, 11) is 1.35. The van der Waals surface area contributed by atoms with Gasteiger partial charge in [0.15, 0.2) is 0 Å². The third-order valence-corrected chi connectivity index (χ3v) is 4.70. The van der Waals surface area contributed by atoms with E-state index in [1.54, 1.807) is 30.1 Å². The molecule has 0 radical (unpaired) electrons. The average Bonchev–Trinajstić information content (AvgIpc) is 3.17. The van der Waals surface area contributed by atoms with Gasteiger partial charge in [0.05, 0.1) is 25.3 Å². The van der Waals surface area contributed by atoms with Crippen LogP contribution >= 0.6 is 0 Å². The molecule has 7 nitrogen and oxygen atoms in total. The molecule has 0 aromatic rings. The highest BCUT2D eigenvalue weighted by Crippen LogP contribution is 2.21. The molecule has 0 spiro atoms. The van der Waals surface area contributed by atoms with Crippen molar-refractivity contribution in [2.24, 2.45) is 10.7 Å². The van der Waals surface area contributed by atoms with Crippen molar-refractivity contribution in [2.45, 2.75) is 39.2 Å². The lowest BCUT2D eigenvalue weighted by atomic mass is 9.97. The van der Waals surface area contributed by atoms with Gasteiger partial charge in [-0.25, -0.2) is 4.79 Å². The Morgan fingerprint density at radius 2 is 2.22 bits per heavy atom. The Labute approximate surface area is 160 Å². The van der Waals surface area contributed by atoms with E-state index >= 15 is 0 Å². The summed E-state index contributed by atoms with van der Waals surface area (Å²) in [4.78, 5) is 30.3. The largest absolute Gasteiger partial charge is 0.465 e. The minimum atomic E-state index is -0.406. The van der Waals surface area contributed by atoms with Crippen LogP contribution < -0.4 is 5.73 Å². The zero-order valence-corrected chi connectivity index (χ0v) is 16.4. The number of hydrogen-bond donors (Lipinski definition) is 1. The number of methoxy groups -OCH3 is 1. The van der Waals surface area contributed by atoms with E-state index in [0.29, 0.717) is 43.8 Å².